The Hall–Kier alpha value is -1.46. The van der Waals surface area contributed by atoms with Crippen LogP contribution in [0.15, 0.2) is 24.8 Å². The number of fused-ring (bicyclic) bond motifs is 1. The Kier molecular flexibility index (Phi) is 2.43. The van der Waals surface area contributed by atoms with Crippen molar-refractivity contribution in [2.24, 2.45) is 0 Å². The molecular weight excluding hydrogens is 182 g/mol. The zero-order valence-corrected chi connectivity index (χ0v) is 7.54. The first kappa shape index (κ1) is 9.11. The summed E-state index contributed by atoms with van der Waals surface area (Å²) in [6, 6.07) is 1.83. The van der Waals surface area contributed by atoms with Crippen molar-refractivity contribution >= 4 is 11.0 Å². The molecule has 0 saturated heterocycles. The highest BCUT2D eigenvalue weighted by Crippen LogP contribution is 2.10. The maximum atomic E-state index is 9.27. The summed E-state index contributed by atoms with van der Waals surface area (Å²) in [6.45, 7) is 0.0990. The van der Waals surface area contributed by atoms with Crippen molar-refractivity contribution in [3.8, 4) is 0 Å². The predicted octanol–water partition coefficient (Wildman–Crippen LogP) is -0.216. The van der Waals surface area contributed by atoms with Crippen LogP contribution in [0.5, 0.6) is 0 Å². The van der Waals surface area contributed by atoms with Gasteiger partial charge in [0.05, 0.1) is 37.3 Å². The normalized spacial score (nSPS) is 13.3. The third-order valence-electron chi connectivity index (χ3n) is 2.04. The van der Waals surface area contributed by atoms with Crippen molar-refractivity contribution in [1.82, 2.24) is 14.5 Å². The van der Waals surface area contributed by atoms with Gasteiger partial charge in [0.25, 0.3) is 0 Å². The topological polar surface area (TPSA) is 71.2 Å². The highest BCUT2D eigenvalue weighted by Gasteiger charge is 2.06. The molecule has 2 aromatic heterocycles. The number of aromatic nitrogens is 3. The van der Waals surface area contributed by atoms with Crippen molar-refractivity contribution in [3.63, 3.8) is 0 Å². The number of rotatable bonds is 3. The summed E-state index contributed by atoms with van der Waals surface area (Å²) in [5.41, 5.74) is 1.70. The Labute approximate surface area is 80.7 Å². The number of pyridine rings is 1. The Morgan fingerprint density at radius 2 is 2.36 bits per heavy atom. The van der Waals surface area contributed by atoms with E-state index >= 15 is 0 Å². The molecule has 0 aliphatic carbocycles. The fraction of sp³-hybridized carbons (Fsp3) is 0.333. The van der Waals surface area contributed by atoms with Crippen LogP contribution in [-0.4, -0.2) is 37.5 Å². The van der Waals surface area contributed by atoms with Gasteiger partial charge in [0, 0.05) is 6.20 Å². The summed E-state index contributed by atoms with van der Waals surface area (Å²) in [6.07, 6.45) is 4.22. The first-order valence-corrected chi connectivity index (χ1v) is 4.35. The summed E-state index contributed by atoms with van der Waals surface area (Å²) >= 11 is 0. The van der Waals surface area contributed by atoms with Crippen LogP contribution in [0.3, 0.4) is 0 Å². The van der Waals surface area contributed by atoms with Gasteiger partial charge in [0.1, 0.15) is 5.52 Å². The lowest BCUT2D eigenvalue weighted by atomic mass is 10.3. The van der Waals surface area contributed by atoms with Gasteiger partial charge < -0.3 is 14.8 Å². The molecule has 14 heavy (non-hydrogen) atoms. The molecule has 0 aliphatic rings. The smallest absolute Gasteiger partial charge is 0.107 e. The summed E-state index contributed by atoms with van der Waals surface area (Å²) < 4.78 is 1.79. The summed E-state index contributed by atoms with van der Waals surface area (Å²) in [5, 5.41) is 18.0. The molecule has 0 aliphatic heterocycles. The maximum Gasteiger partial charge on any atom is 0.107 e. The van der Waals surface area contributed by atoms with Gasteiger partial charge in [0.2, 0.25) is 0 Å². The largest absolute Gasteiger partial charge is 0.394 e. The number of nitrogens with zero attached hydrogens (tertiary/aromatic N) is 3. The van der Waals surface area contributed by atoms with Crippen molar-refractivity contribution in [2.75, 3.05) is 6.61 Å². The Morgan fingerprint density at radius 1 is 1.50 bits per heavy atom. The summed E-state index contributed by atoms with van der Waals surface area (Å²) in [7, 11) is 0. The molecular formula is C9H11N3O2. The summed E-state index contributed by atoms with van der Waals surface area (Å²) in [5.74, 6) is 0. The number of hydrogen-bond donors (Lipinski definition) is 2. The molecule has 0 bridgehead atoms. The molecule has 2 rings (SSSR count). The molecule has 1 atom stereocenters. The van der Waals surface area contributed by atoms with Gasteiger partial charge >= 0.3 is 0 Å². The van der Waals surface area contributed by atoms with Crippen LogP contribution in [0.2, 0.25) is 0 Å². The molecule has 2 aromatic rings. The molecule has 2 heterocycles. The highest BCUT2D eigenvalue weighted by atomic mass is 16.3. The number of imidazole rings is 1. The highest BCUT2D eigenvalue weighted by molar-refractivity contribution is 5.73. The van der Waals surface area contributed by atoms with Crippen LogP contribution < -0.4 is 0 Å². The number of aliphatic hydroxyl groups is 2. The van der Waals surface area contributed by atoms with Crippen LogP contribution >= 0.6 is 0 Å². The second kappa shape index (κ2) is 3.73. The molecule has 2 N–H and O–H groups in total. The third kappa shape index (κ3) is 1.59. The van der Waals surface area contributed by atoms with E-state index in [-0.39, 0.29) is 6.61 Å². The van der Waals surface area contributed by atoms with Crippen LogP contribution in [-0.2, 0) is 6.54 Å². The molecule has 74 valence electrons. The number of hydrogen-bond acceptors (Lipinski definition) is 4. The van der Waals surface area contributed by atoms with Gasteiger partial charge in [-0.15, -0.1) is 0 Å². The lowest BCUT2D eigenvalue weighted by Gasteiger charge is -2.08. The third-order valence-corrected chi connectivity index (χ3v) is 2.04. The maximum absolute atomic E-state index is 9.27. The summed E-state index contributed by atoms with van der Waals surface area (Å²) in [4.78, 5) is 8.05. The van der Waals surface area contributed by atoms with Crippen LogP contribution in [0.25, 0.3) is 11.0 Å². The predicted molar refractivity (Wildman–Crippen MR) is 50.6 cm³/mol. The first-order chi connectivity index (χ1) is 6.81. The molecule has 0 saturated carbocycles. The zero-order chi connectivity index (χ0) is 9.97. The molecule has 0 amide bonds. The quantitative estimate of drug-likeness (QED) is 0.707. The van der Waals surface area contributed by atoms with E-state index in [4.69, 9.17) is 5.11 Å². The average Bonchev–Trinajstić information content (AvgIpc) is 2.62. The van der Waals surface area contributed by atoms with E-state index in [0.29, 0.717) is 6.54 Å². The lowest BCUT2D eigenvalue weighted by molar-refractivity contribution is 0.0821. The van der Waals surface area contributed by atoms with Crippen molar-refractivity contribution in [2.45, 2.75) is 12.6 Å². The molecule has 0 fully saturated rings. The van der Waals surface area contributed by atoms with Crippen molar-refractivity contribution < 1.29 is 10.2 Å². The average molecular weight is 193 g/mol. The fourth-order valence-electron chi connectivity index (χ4n) is 1.35. The van der Waals surface area contributed by atoms with E-state index in [0.717, 1.165) is 11.0 Å². The van der Waals surface area contributed by atoms with Crippen LogP contribution in [0.1, 0.15) is 0 Å². The number of aliphatic hydroxyl groups excluding tert-OH is 2. The van der Waals surface area contributed by atoms with E-state index in [9.17, 15) is 5.11 Å². The Morgan fingerprint density at radius 3 is 3.14 bits per heavy atom. The fourth-order valence-corrected chi connectivity index (χ4v) is 1.35. The minimum absolute atomic E-state index is 0.245. The molecule has 5 heteroatoms. The van der Waals surface area contributed by atoms with Gasteiger partial charge in [-0.05, 0) is 6.07 Å². The van der Waals surface area contributed by atoms with Gasteiger partial charge in [-0.3, -0.25) is 4.98 Å². The van der Waals surface area contributed by atoms with Crippen LogP contribution in [0, 0.1) is 0 Å². The Bertz CT molecular complexity index is 427. The second-order valence-electron chi connectivity index (χ2n) is 3.10. The van der Waals surface area contributed by atoms with E-state index in [1.54, 1.807) is 23.3 Å². The molecule has 0 spiro atoms. The van der Waals surface area contributed by atoms with Gasteiger partial charge in [-0.1, -0.05) is 0 Å². The Balaban J connectivity index is 2.33. The molecule has 0 aromatic carbocycles. The van der Waals surface area contributed by atoms with Crippen LogP contribution in [0.4, 0.5) is 0 Å². The van der Waals surface area contributed by atoms with E-state index in [1.807, 2.05) is 6.07 Å². The zero-order valence-electron chi connectivity index (χ0n) is 7.54. The minimum atomic E-state index is -0.749. The van der Waals surface area contributed by atoms with Crippen molar-refractivity contribution in [3.05, 3.63) is 24.8 Å². The first-order valence-electron chi connectivity index (χ1n) is 4.35. The van der Waals surface area contributed by atoms with Gasteiger partial charge in [-0.25, -0.2) is 4.98 Å². The van der Waals surface area contributed by atoms with E-state index in [1.165, 1.54) is 0 Å². The monoisotopic (exact) mass is 193 g/mol. The second-order valence-corrected chi connectivity index (χ2v) is 3.10. The van der Waals surface area contributed by atoms with Crippen molar-refractivity contribution in [1.29, 1.82) is 0 Å². The molecule has 5 nitrogen and oxygen atoms in total. The molecule has 0 radical (unpaired) electrons. The van der Waals surface area contributed by atoms with E-state index in [2.05, 4.69) is 9.97 Å². The standard InChI is InChI=1S/C9H11N3O2/c13-5-7(14)4-12-6-11-8-3-10-2-1-9(8)12/h1-3,6-7,13-14H,4-5H2. The van der Waals surface area contributed by atoms with E-state index < -0.39 is 6.10 Å². The van der Waals surface area contributed by atoms with Gasteiger partial charge in [0.15, 0.2) is 0 Å². The minimum Gasteiger partial charge on any atom is -0.394 e. The molecule has 1 unspecified atom stereocenters. The SMILES string of the molecule is OCC(O)Cn1cnc2cnccc21. The lowest BCUT2D eigenvalue weighted by Crippen LogP contribution is -2.19. The van der Waals surface area contributed by atoms with Gasteiger partial charge in [-0.2, -0.15) is 0 Å².